The number of methoxy groups -OCH3 is 1. The number of halogens is 1. The van der Waals surface area contributed by atoms with E-state index in [1.165, 1.54) is 12.8 Å². The Morgan fingerprint density at radius 1 is 1.65 bits per heavy atom. The maximum absolute atomic E-state index is 6.05. The number of nitrogens with two attached hydrogens (primary N) is 1. The highest BCUT2D eigenvalue weighted by molar-refractivity contribution is 14.0. The fraction of sp³-hybridized carbons (Fsp3) is 0.692. The van der Waals surface area contributed by atoms with Crippen LogP contribution >= 0.6 is 35.3 Å². The molecule has 1 aliphatic rings. The molecule has 0 spiro atoms. The van der Waals surface area contributed by atoms with Crippen LogP contribution in [0.15, 0.2) is 10.4 Å². The van der Waals surface area contributed by atoms with E-state index in [0.717, 1.165) is 23.8 Å². The first-order valence-electron chi connectivity index (χ1n) is 6.66. The fourth-order valence-electron chi connectivity index (χ4n) is 2.27. The Labute approximate surface area is 141 Å². The molecule has 1 fully saturated rings. The Hall–Kier alpha value is -0.410. The number of hydrogen-bond acceptors (Lipinski definition) is 4. The van der Waals surface area contributed by atoms with Crippen molar-refractivity contribution in [1.82, 2.24) is 9.88 Å². The number of hydrogen-bond donors (Lipinski definition) is 1. The molecule has 114 valence electrons. The largest absolute Gasteiger partial charge is 0.378 e. The molecule has 2 heterocycles. The number of nitrogens with zero attached hydrogens (tertiary/aromatic N) is 3. The standard InChI is InChI=1S/C13H22N4OS.HI/c1-10-4-3-5-17(7-10)13(14)15-6-11-9-19-12(16-11)8-18-2;/h9-10H,3-8H2,1-2H3,(H2,14,15);1H. The Morgan fingerprint density at radius 3 is 3.15 bits per heavy atom. The first kappa shape index (κ1) is 17.6. The number of aromatic nitrogens is 1. The summed E-state index contributed by atoms with van der Waals surface area (Å²) in [5.41, 5.74) is 7.01. The van der Waals surface area contributed by atoms with Gasteiger partial charge in [0.15, 0.2) is 5.96 Å². The molecule has 0 bridgehead atoms. The van der Waals surface area contributed by atoms with Gasteiger partial charge in [-0.25, -0.2) is 9.98 Å². The van der Waals surface area contributed by atoms with Crippen molar-refractivity contribution in [2.75, 3.05) is 20.2 Å². The van der Waals surface area contributed by atoms with Gasteiger partial charge in [0.2, 0.25) is 0 Å². The van der Waals surface area contributed by atoms with E-state index in [2.05, 4.69) is 21.8 Å². The molecule has 0 radical (unpaired) electrons. The Kier molecular flexibility index (Phi) is 7.75. The molecule has 1 unspecified atom stereocenters. The average Bonchev–Trinajstić information content (AvgIpc) is 2.84. The van der Waals surface area contributed by atoms with Gasteiger partial charge in [0.05, 0.1) is 18.8 Å². The summed E-state index contributed by atoms with van der Waals surface area (Å²) in [7, 11) is 1.68. The molecule has 5 nitrogen and oxygen atoms in total. The highest BCUT2D eigenvalue weighted by atomic mass is 127. The number of guanidine groups is 1. The zero-order valence-electron chi connectivity index (χ0n) is 12.0. The lowest BCUT2D eigenvalue weighted by Crippen LogP contribution is -2.43. The zero-order chi connectivity index (χ0) is 13.7. The SMILES string of the molecule is COCc1nc(CN=C(N)N2CCCC(C)C2)cs1.I. The summed E-state index contributed by atoms with van der Waals surface area (Å²) in [6.07, 6.45) is 2.49. The second kappa shape index (κ2) is 8.78. The van der Waals surface area contributed by atoms with Crippen LogP contribution in [0, 0.1) is 5.92 Å². The summed E-state index contributed by atoms with van der Waals surface area (Å²) in [5, 5.41) is 3.00. The van der Waals surface area contributed by atoms with Gasteiger partial charge in [-0.15, -0.1) is 35.3 Å². The molecule has 0 aromatic carbocycles. The van der Waals surface area contributed by atoms with Crippen LogP contribution in [0.4, 0.5) is 0 Å². The predicted octanol–water partition coefficient (Wildman–Crippen LogP) is 2.45. The number of thiazole rings is 1. The highest BCUT2D eigenvalue weighted by Gasteiger charge is 2.17. The number of likely N-dealkylation sites (tertiary alicyclic amines) is 1. The molecule has 0 amide bonds. The third-order valence-corrected chi connectivity index (χ3v) is 4.12. The van der Waals surface area contributed by atoms with Crippen molar-refractivity contribution < 1.29 is 4.74 Å². The van der Waals surface area contributed by atoms with Crippen LogP contribution in [0.5, 0.6) is 0 Å². The monoisotopic (exact) mass is 410 g/mol. The van der Waals surface area contributed by atoms with E-state index in [1.807, 2.05) is 5.38 Å². The number of rotatable bonds is 4. The third kappa shape index (κ3) is 5.17. The van der Waals surface area contributed by atoms with Crippen LogP contribution in [0.25, 0.3) is 0 Å². The van der Waals surface area contributed by atoms with Crippen molar-refractivity contribution >= 4 is 41.3 Å². The molecule has 0 aliphatic carbocycles. The van der Waals surface area contributed by atoms with Gasteiger partial charge in [-0.3, -0.25) is 0 Å². The van der Waals surface area contributed by atoms with E-state index in [-0.39, 0.29) is 24.0 Å². The molecule has 1 saturated heterocycles. The minimum atomic E-state index is 0. The van der Waals surface area contributed by atoms with Gasteiger partial charge < -0.3 is 15.4 Å². The Balaban J connectivity index is 0.00000200. The molecular formula is C13H23IN4OS. The van der Waals surface area contributed by atoms with Gasteiger partial charge in [-0.05, 0) is 18.8 Å². The molecule has 20 heavy (non-hydrogen) atoms. The van der Waals surface area contributed by atoms with Gasteiger partial charge in [0, 0.05) is 25.6 Å². The van der Waals surface area contributed by atoms with E-state index < -0.39 is 0 Å². The molecule has 1 aromatic rings. The molecule has 1 aromatic heterocycles. The minimum absolute atomic E-state index is 0. The van der Waals surface area contributed by atoms with E-state index in [0.29, 0.717) is 25.0 Å². The molecule has 7 heteroatoms. The zero-order valence-corrected chi connectivity index (χ0v) is 15.2. The van der Waals surface area contributed by atoms with Crippen molar-refractivity contribution in [3.63, 3.8) is 0 Å². The lowest BCUT2D eigenvalue weighted by atomic mass is 10.0. The normalized spacial score (nSPS) is 19.8. The van der Waals surface area contributed by atoms with Crippen LogP contribution in [0.3, 0.4) is 0 Å². The Bertz CT molecular complexity index is 438. The smallest absolute Gasteiger partial charge is 0.191 e. The molecule has 1 aliphatic heterocycles. The second-order valence-electron chi connectivity index (χ2n) is 5.03. The van der Waals surface area contributed by atoms with Crippen LogP contribution in [0.1, 0.15) is 30.5 Å². The summed E-state index contributed by atoms with van der Waals surface area (Å²) in [4.78, 5) is 11.1. The van der Waals surface area contributed by atoms with Gasteiger partial charge in [0.1, 0.15) is 5.01 Å². The summed E-state index contributed by atoms with van der Waals surface area (Å²) < 4.78 is 5.05. The highest BCUT2D eigenvalue weighted by Crippen LogP contribution is 2.15. The van der Waals surface area contributed by atoms with Crippen molar-refractivity contribution in [2.45, 2.75) is 32.9 Å². The van der Waals surface area contributed by atoms with Gasteiger partial charge in [0.25, 0.3) is 0 Å². The van der Waals surface area contributed by atoms with Crippen molar-refractivity contribution in [3.8, 4) is 0 Å². The van der Waals surface area contributed by atoms with E-state index in [1.54, 1.807) is 18.4 Å². The lowest BCUT2D eigenvalue weighted by Gasteiger charge is -2.31. The molecule has 1 atom stereocenters. The maximum atomic E-state index is 6.05. The van der Waals surface area contributed by atoms with Crippen LogP contribution in [-0.4, -0.2) is 36.0 Å². The summed E-state index contributed by atoms with van der Waals surface area (Å²) in [6, 6.07) is 0. The quantitative estimate of drug-likeness (QED) is 0.471. The second-order valence-corrected chi connectivity index (χ2v) is 5.98. The number of piperidine rings is 1. The fourth-order valence-corrected chi connectivity index (χ4v) is 3.03. The van der Waals surface area contributed by atoms with Crippen molar-refractivity contribution in [1.29, 1.82) is 0 Å². The molecule has 2 N–H and O–H groups in total. The third-order valence-electron chi connectivity index (χ3n) is 3.25. The predicted molar refractivity (Wildman–Crippen MR) is 93.5 cm³/mol. The van der Waals surface area contributed by atoms with E-state index in [9.17, 15) is 0 Å². The first-order chi connectivity index (χ1) is 9.19. The average molecular weight is 410 g/mol. The molecule has 0 saturated carbocycles. The van der Waals surface area contributed by atoms with Crippen molar-refractivity contribution in [2.24, 2.45) is 16.6 Å². The number of ether oxygens (including phenoxy) is 1. The van der Waals surface area contributed by atoms with Gasteiger partial charge >= 0.3 is 0 Å². The number of aliphatic imine (C=N–C) groups is 1. The van der Waals surface area contributed by atoms with Gasteiger partial charge in [-0.2, -0.15) is 0 Å². The van der Waals surface area contributed by atoms with E-state index in [4.69, 9.17) is 10.5 Å². The Morgan fingerprint density at radius 2 is 2.45 bits per heavy atom. The topological polar surface area (TPSA) is 63.7 Å². The van der Waals surface area contributed by atoms with Crippen molar-refractivity contribution in [3.05, 3.63) is 16.1 Å². The van der Waals surface area contributed by atoms with Crippen LogP contribution in [-0.2, 0) is 17.9 Å². The maximum Gasteiger partial charge on any atom is 0.191 e. The minimum Gasteiger partial charge on any atom is -0.378 e. The van der Waals surface area contributed by atoms with E-state index >= 15 is 0 Å². The molecule has 2 rings (SSSR count). The molecular weight excluding hydrogens is 387 g/mol. The van der Waals surface area contributed by atoms with Gasteiger partial charge in [-0.1, -0.05) is 6.92 Å². The van der Waals surface area contributed by atoms with Crippen LogP contribution in [0.2, 0.25) is 0 Å². The van der Waals surface area contributed by atoms with Crippen LogP contribution < -0.4 is 5.73 Å². The summed E-state index contributed by atoms with van der Waals surface area (Å²) in [6.45, 7) is 5.41. The first-order valence-corrected chi connectivity index (χ1v) is 7.54. The summed E-state index contributed by atoms with van der Waals surface area (Å²) in [5.74, 6) is 1.35. The lowest BCUT2D eigenvalue weighted by molar-refractivity contribution is 0.184. The summed E-state index contributed by atoms with van der Waals surface area (Å²) >= 11 is 1.60.